The Labute approximate surface area is 170 Å². The summed E-state index contributed by atoms with van der Waals surface area (Å²) in [5, 5.41) is 8.50. The molecule has 1 heterocycles. The lowest BCUT2D eigenvalue weighted by Crippen LogP contribution is -2.38. The third kappa shape index (κ3) is 6.15. The zero-order valence-electron chi connectivity index (χ0n) is 17.4. The van der Waals surface area contributed by atoms with Crippen molar-refractivity contribution < 1.29 is 18.7 Å². The number of carbonyl (C=O) groups is 1. The highest BCUT2D eigenvalue weighted by Gasteiger charge is 2.19. The number of nitrogens with zero attached hydrogens (tertiary/aromatic N) is 3. The van der Waals surface area contributed by atoms with Gasteiger partial charge in [0, 0.05) is 19.2 Å². The number of hydrogen-bond acceptors (Lipinski definition) is 7. The molecule has 7 nitrogen and oxygen atoms in total. The molecule has 0 aliphatic heterocycles. The summed E-state index contributed by atoms with van der Waals surface area (Å²) >= 11 is 1.25. The van der Waals surface area contributed by atoms with Crippen molar-refractivity contribution in [3.05, 3.63) is 18.2 Å². The van der Waals surface area contributed by atoms with E-state index in [-0.39, 0.29) is 11.7 Å². The SMILES string of the molecule is COc1ccc(-c2nnc(SCC(=O)N(CC(C)C)CC(C)C)o2)c(OC)c1. The van der Waals surface area contributed by atoms with E-state index in [9.17, 15) is 4.79 Å². The van der Waals surface area contributed by atoms with Gasteiger partial charge in [0.2, 0.25) is 5.91 Å². The molecule has 0 bridgehead atoms. The summed E-state index contributed by atoms with van der Waals surface area (Å²) in [6.07, 6.45) is 0. The average Bonchev–Trinajstić information content (AvgIpc) is 3.13. The molecule has 0 aliphatic rings. The van der Waals surface area contributed by atoms with Gasteiger partial charge in [0.05, 0.1) is 25.5 Å². The van der Waals surface area contributed by atoms with Crippen LogP contribution in [0, 0.1) is 11.8 Å². The largest absolute Gasteiger partial charge is 0.497 e. The van der Waals surface area contributed by atoms with Gasteiger partial charge in [-0.05, 0) is 24.0 Å². The van der Waals surface area contributed by atoms with Gasteiger partial charge in [0.25, 0.3) is 11.1 Å². The van der Waals surface area contributed by atoms with Crippen LogP contribution in [0.25, 0.3) is 11.5 Å². The van der Waals surface area contributed by atoms with Crippen molar-refractivity contribution in [3.63, 3.8) is 0 Å². The number of ether oxygens (including phenoxy) is 2. The molecule has 2 rings (SSSR count). The average molecular weight is 408 g/mol. The van der Waals surface area contributed by atoms with Crippen LogP contribution in [0.1, 0.15) is 27.7 Å². The van der Waals surface area contributed by atoms with E-state index < -0.39 is 0 Å². The van der Waals surface area contributed by atoms with E-state index in [4.69, 9.17) is 13.9 Å². The van der Waals surface area contributed by atoms with Gasteiger partial charge in [-0.1, -0.05) is 39.5 Å². The number of rotatable bonds is 10. The first-order valence-corrected chi connectivity index (χ1v) is 10.3. The molecule has 154 valence electrons. The molecule has 1 amide bonds. The fourth-order valence-corrected chi connectivity index (χ4v) is 3.39. The molecule has 2 aromatic rings. The smallest absolute Gasteiger partial charge is 0.277 e. The molecular weight excluding hydrogens is 378 g/mol. The predicted molar refractivity (Wildman–Crippen MR) is 110 cm³/mol. The molecule has 0 atom stereocenters. The first-order chi connectivity index (χ1) is 13.3. The Morgan fingerprint density at radius 1 is 1.11 bits per heavy atom. The lowest BCUT2D eigenvalue weighted by atomic mass is 10.1. The van der Waals surface area contributed by atoms with E-state index in [1.165, 1.54) is 11.8 Å². The Balaban J connectivity index is 2.05. The molecule has 0 spiro atoms. The lowest BCUT2D eigenvalue weighted by Gasteiger charge is -2.26. The zero-order chi connectivity index (χ0) is 20.7. The van der Waals surface area contributed by atoms with Crippen molar-refractivity contribution in [3.8, 4) is 23.0 Å². The molecule has 0 saturated heterocycles. The van der Waals surface area contributed by atoms with Crippen molar-refractivity contribution in [1.82, 2.24) is 15.1 Å². The van der Waals surface area contributed by atoms with E-state index in [0.717, 1.165) is 13.1 Å². The fourth-order valence-electron chi connectivity index (χ4n) is 2.73. The van der Waals surface area contributed by atoms with Crippen LogP contribution >= 0.6 is 11.8 Å². The first-order valence-electron chi connectivity index (χ1n) is 9.30. The lowest BCUT2D eigenvalue weighted by molar-refractivity contribution is -0.129. The number of carbonyl (C=O) groups excluding carboxylic acids is 1. The van der Waals surface area contributed by atoms with Gasteiger partial charge in [-0.25, -0.2) is 0 Å². The highest BCUT2D eigenvalue weighted by molar-refractivity contribution is 7.99. The molecule has 28 heavy (non-hydrogen) atoms. The van der Waals surface area contributed by atoms with Gasteiger partial charge >= 0.3 is 0 Å². The number of amides is 1. The maximum absolute atomic E-state index is 12.6. The third-order valence-corrected chi connectivity index (χ3v) is 4.69. The highest BCUT2D eigenvalue weighted by atomic mass is 32.2. The summed E-state index contributed by atoms with van der Waals surface area (Å²) in [4.78, 5) is 14.5. The second-order valence-electron chi connectivity index (χ2n) is 7.31. The minimum Gasteiger partial charge on any atom is -0.497 e. The van der Waals surface area contributed by atoms with Crippen molar-refractivity contribution in [1.29, 1.82) is 0 Å². The molecule has 1 aromatic heterocycles. The maximum Gasteiger partial charge on any atom is 0.277 e. The van der Waals surface area contributed by atoms with E-state index in [1.807, 2.05) is 4.90 Å². The summed E-state index contributed by atoms with van der Waals surface area (Å²) in [5.74, 6) is 2.78. The van der Waals surface area contributed by atoms with Crippen LogP contribution in [-0.2, 0) is 4.79 Å². The summed E-state index contributed by atoms with van der Waals surface area (Å²) in [5.41, 5.74) is 0.676. The monoisotopic (exact) mass is 407 g/mol. The van der Waals surface area contributed by atoms with Gasteiger partial charge in [-0.2, -0.15) is 0 Å². The van der Waals surface area contributed by atoms with Gasteiger partial charge in [0.15, 0.2) is 0 Å². The van der Waals surface area contributed by atoms with E-state index in [2.05, 4.69) is 37.9 Å². The molecule has 0 saturated carbocycles. The van der Waals surface area contributed by atoms with Crippen LogP contribution < -0.4 is 9.47 Å². The van der Waals surface area contributed by atoms with Crippen LogP contribution in [-0.4, -0.2) is 54.1 Å². The minimum absolute atomic E-state index is 0.0779. The molecule has 0 aliphatic carbocycles. The Bertz CT molecular complexity index is 767. The number of thioether (sulfide) groups is 1. The van der Waals surface area contributed by atoms with E-state index in [1.54, 1.807) is 32.4 Å². The zero-order valence-corrected chi connectivity index (χ0v) is 18.2. The predicted octanol–water partition coefficient (Wildman–Crippen LogP) is 3.99. The standard InChI is InChI=1S/C20H29N3O4S/c1-13(2)10-23(11-14(3)4)18(24)12-28-20-22-21-19(27-20)16-8-7-15(25-5)9-17(16)26-6/h7-9,13-14H,10-12H2,1-6H3. The van der Waals surface area contributed by atoms with Crippen LogP contribution in [0.2, 0.25) is 0 Å². The van der Waals surface area contributed by atoms with E-state index in [0.29, 0.717) is 40.0 Å². The topological polar surface area (TPSA) is 77.7 Å². The normalized spacial score (nSPS) is 11.1. The number of aromatic nitrogens is 2. The maximum atomic E-state index is 12.6. The van der Waals surface area contributed by atoms with Gasteiger partial charge in [-0.3, -0.25) is 4.79 Å². The van der Waals surface area contributed by atoms with Crippen molar-refractivity contribution in [2.75, 3.05) is 33.1 Å². The van der Waals surface area contributed by atoms with Crippen LogP contribution in [0.15, 0.2) is 27.8 Å². The van der Waals surface area contributed by atoms with Crippen LogP contribution in [0.3, 0.4) is 0 Å². The van der Waals surface area contributed by atoms with Crippen molar-refractivity contribution >= 4 is 17.7 Å². The molecule has 0 radical (unpaired) electrons. The third-order valence-electron chi connectivity index (χ3n) is 3.89. The molecule has 0 N–H and O–H groups in total. The van der Waals surface area contributed by atoms with Crippen LogP contribution in [0.5, 0.6) is 11.5 Å². The Kier molecular flexibility index (Phi) is 8.17. The second kappa shape index (κ2) is 10.4. The van der Waals surface area contributed by atoms with Gasteiger partial charge < -0.3 is 18.8 Å². The highest BCUT2D eigenvalue weighted by Crippen LogP contribution is 2.33. The molecular formula is C20H29N3O4S. The Morgan fingerprint density at radius 3 is 2.36 bits per heavy atom. The quantitative estimate of drug-likeness (QED) is 0.551. The summed E-state index contributed by atoms with van der Waals surface area (Å²) in [6, 6.07) is 5.36. The minimum atomic E-state index is 0.0779. The second-order valence-corrected chi connectivity index (χ2v) is 8.24. The summed E-state index contributed by atoms with van der Waals surface area (Å²) < 4.78 is 16.3. The van der Waals surface area contributed by atoms with Crippen LogP contribution in [0.4, 0.5) is 0 Å². The molecule has 8 heteroatoms. The first kappa shape index (κ1) is 22.1. The number of benzene rings is 1. The number of methoxy groups -OCH3 is 2. The van der Waals surface area contributed by atoms with Crippen molar-refractivity contribution in [2.24, 2.45) is 11.8 Å². The van der Waals surface area contributed by atoms with Gasteiger partial charge in [0.1, 0.15) is 11.5 Å². The summed E-state index contributed by atoms with van der Waals surface area (Å²) in [6.45, 7) is 9.94. The molecule has 0 unspecified atom stereocenters. The Morgan fingerprint density at radius 2 is 1.79 bits per heavy atom. The number of hydrogen-bond donors (Lipinski definition) is 0. The van der Waals surface area contributed by atoms with E-state index >= 15 is 0 Å². The van der Waals surface area contributed by atoms with Crippen molar-refractivity contribution in [2.45, 2.75) is 32.9 Å². The molecule has 0 fully saturated rings. The Hall–Kier alpha value is -2.22. The summed E-state index contributed by atoms with van der Waals surface area (Å²) in [7, 11) is 3.16. The molecule has 1 aromatic carbocycles. The fraction of sp³-hybridized carbons (Fsp3) is 0.550. The van der Waals surface area contributed by atoms with Gasteiger partial charge in [-0.15, -0.1) is 10.2 Å².